The lowest BCUT2D eigenvalue weighted by Gasteiger charge is -2.35. The third-order valence-corrected chi connectivity index (χ3v) is 8.06. The molecule has 216 valence electrons. The number of aliphatic carboxylic acids is 1. The number of carboxylic acid groups (broad SMARTS) is 1. The standard InChI is InChI=1S/C27H34N3O9P/c1-19(24(31)28-16-8-14-22(28)25(32)29-17-9-15-23(29)26(33)34)30(40(35,36)37)39-27(21-12-6-3-7-13-21)38-18-20-10-4-2-5-11-20/h2-7,10-13,19,22-23,27H,8-9,14-18H2,1H3,(H,33,34)(H2,35,36,37)/t19-,22-,23-,27?/m0/s1. The molecule has 2 aliphatic rings. The van der Waals surface area contributed by atoms with Gasteiger partial charge in [0.05, 0.1) is 6.61 Å². The van der Waals surface area contributed by atoms with Gasteiger partial charge in [-0.1, -0.05) is 65.5 Å². The van der Waals surface area contributed by atoms with Gasteiger partial charge in [0, 0.05) is 18.7 Å². The number of hydrogen-bond donors (Lipinski definition) is 3. The number of likely N-dealkylation sites (tertiary alicyclic amines) is 2. The average Bonchev–Trinajstić information content (AvgIpc) is 3.63. The highest BCUT2D eigenvalue weighted by Crippen LogP contribution is 2.45. The Morgan fingerprint density at radius 1 is 0.950 bits per heavy atom. The quantitative estimate of drug-likeness (QED) is 0.207. The fraction of sp³-hybridized carbons (Fsp3) is 0.444. The van der Waals surface area contributed by atoms with Crippen LogP contribution < -0.4 is 0 Å². The molecular formula is C27H34N3O9P. The zero-order valence-electron chi connectivity index (χ0n) is 22.1. The number of carbonyl (C=O) groups excluding carboxylic acids is 2. The number of benzene rings is 2. The van der Waals surface area contributed by atoms with Crippen molar-refractivity contribution in [1.82, 2.24) is 14.6 Å². The summed E-state index contributed by atoms with van der Waals surface area (Å²) in [5.74, 6) is -2.29. The Morgan fingerprint density at radius 3 is 2.12 bits per heavy atom. The summed E-state index contributed by atoms with van der Waals surface area (Å²) in [5, 5.41) is 9.50. The van der Waals surface area contributed by atoms with Crippen molar-refractivity contribution in [3.05, 3.63) is 71.8 Å². The first-order valence-electron chi connectivity index (χ1n) is 13.1. The van der Waals surface area contributed by atoms with Crippen molar-refractivity contribution in [3.63, 3.8) is 0 Å². The minimum Gasteiger partial charge on any atom is -0.480 e. The number of ether oxygens (including phenoxy) is 1. The molecule has 2 aromatic carbocycles. The van der Waals surface area contributed by atoms with Crippen molar-refractivity contribution in [1.29, 1.82) is 0 Å². The molecule has 1 unspecified atom stereocenters. The SMILES string of the molecule is C[C@@H](C(=O)N1CCC[C@H]1C(=O)N1CCC[C@H]1C(=O)O)N(OC(OCc1ccccc1)c1ccccc1)P(=O)(O)O. The molecule has 2 aromatic rings. The number of nitrogens with zero attached hydrogens (tertiary/aromatic N) is 3. The third kappa shape index (κ3) is 6.95. The fourth-order valence-electron chi connectivity index (χ4n) is 5.12. The molecule has 13 heteroatoms. The first kappa shape index (κ1) is 29.9. The molecule has 2 fully saturated rings. The lowest BCUT2D eigenvalue weighted by atomic mass is 10.1. The van der Waals surface area contributed by atoms with Crippen molar-refractivity contribution in [3.8, 4) is 0 Å². The van der Waals surface area contributed by atoms with Crippen LogP contribution in [0, 0.1) is 0 Å². The topological polar surface area (TPSA) is 157 Å². The van der Waals surface area contributed by atoms with Crippen LogP contribution in [0.2, 0.25) is 0 Å². The zero-order valence-corrected chi connectivity index (χ0v) is 23.0. The van der Waals surface area contributed by atoms with Crippen LogP contribution in [0.15, 0.2) is 60.7 Å². The van der Waals surface area contributed by atoms with Crippen molar-refractivity contribution in [2.24, 2.45) is 0 Å². The second kappa shape index (κ2) is 13.0. The maximum Gasteiger partial charge on any atom is 0.426 e. The van der Waals surface area contributed by atoms with E-state index in [-0.39, 0.29) is 19.7 Å². The van der Waals surface area contributed by atoms with E-state index in [1.54, 1.807) is 30.3 Å². The van der Waals surface area contributed by atoms with E-state index in [0.717, 1.165) is 5.56 Å². The molecule has 0 saturated carbocycles. The minimum atomic E-state index is -5.17. The highest BCUT2D eigenvalue weighted by Gasteiger charge is 2.46. The molecular weight excluding hydrogens is 541 g/mol. The van der Waals surface area contributed by atoms with Crippen LogP contribution in [0.25, 0.3) is 0 Å². The van der Waals surface area contributed by atoms with Crippen LogP contribution in [0.4, 0.5) is 0 Å². The minimum absolute atomic E-state index is 0.0704. The monoisotopic (exact) mass is 575 g/mol. The van der Waals surface area contributed by atoms with E-state index in [2.05, 4.69) is 0 Å². The van der Waals surface area contributed by atoms with Crippen LogP contribution in [-0.4, -0.2) is 78.5 Å². The largest absolute Gasteiger partial charge is 0.480 e. The predicted molar refractivity (Wildman–Crippen MR) is 142 cm³/mol. The molecule has 4 rings (SSSR count). The van der Waals surface area contributed by atoms with Gasteiger partial charge in [0.15, 0.2) is 0 Å². The first-order chi connectivity index (χ1) is 19.1. The molecule has 4 atom stereocenters. The number of carbonyl (C=O) groups is 3. The van der Waals surface area contributed by atoms with Gasteiger partial charge in [-0.15, -0.1) is 0 Å². The van der Waals surface area contributed by atoms with Crippen LogP contribution in [0.1, 0.15) is 50.0 Å². The van der Waals surface area contributed by atoms with Gasteiger partial charge in [-0.2, -0.15) is 0 Å². The first-order valence-corrected chi connectivity index (χ1v) is 14.7. The number of amides is 2. The Bertz CT molecular complexity index is 1230. The van der Waals surface area contributed by atoms with E-state index < -0.39 is 49.9 Å². The number of hydroxylamine groups is 1. The molecule has 2 aliphatic heterocycles. The summed E-state index contributed by atoms with van der Waals surface area (Å²) >= 11 is 0. The number of hydrogen-bond acceptors (Lipinski definition) is 6. The van der Waals surface area contributed by atoms with Crippen LogP contribution >= 0.6 is 7.75 Å². The van der Waals surface area contributed by atoms with Gasteiger partial charge in [-0.3, -0.25) is 14.4 Å². The Balaban J connectivity index is 1.54. The van der Waals surface area contributed by atoms with Gasteiger partial charge < -0.3 is 29.4 Å². The van der Waals surface area contributed by atoms with Crippen LogP contribution in [0.5, 0.6) is 0 Å². The average molecular weight is 576 g/mol. The molecule has 2 amide bonds. The smallest absolute Gasteiger partial charge is 0.426 e. The predicted octanol–water partition coefficient (Wildman–Crippen LogP) is 2.68. The highest BCUT2D eigenvalue weighted by molar-refractivity contribution is 7.49. The lowest BCUT2D eigenvalue weighted by Crippen LogP contribution is -2.54. The van der Waals surface area contributed by atoms with Gasteiger partial charge >= 0.3 is 13.7 Å². The summed E-state index contributed by atoms with van der Waals surface area (Å²) in [6.07, 6.45) is 0.431. The Hall–Kier alpha value is -3.12. The second-order valence-corrected chi connectivity index (χ2v) is 11.3. The second-order valence-electron chi connectivity index (χ2n) is 9.85. The Morgan fingerprint density at radius 2 is 1.52 bits per heavy atom. The molecule has 12 nitrogen and oxygen atoms in total. The van der Waals surface area contributed by atoms with Gasteiger partial charge in [-0.05, 0) is 38.2 Å². The summed E-state index contributed by atoms with van der Waals surface area (Å²) in [5.41, 5.74) is 1.28. The van der Waals surface area contributed by atoms with Crippen molar-refractivity contribution in [2.75, 3.05) is 13.1 Å². The highest BCUT2D eigenvalue weighted by atomic mass is 31.2. The molecule has 0 spiro atoms. The summed E-state index contributed by atoms with van der Waals surface area (Å²) in [7, 11) is -5.17. The van der Waals surface area contributed by atoms with Crippen LogP contribution in [0.3, 0.4) is 0 Å². The number of carboxylic acids is 1. The van der Waals surface area contributed by atoms with E-state index in [0.29, 0.717) is 36.1 Å². The molecule has 40 heavy (non-hydrogen) atoms. The Kier molecular flexibility index (Phi) is 9.72. The summed E-state index contributed by atoms with van der Waals surface area (Å²) in [6, 6.07) is 14.3. The van der Waals surface area contributed by atoms with E-state index >= 15 is 0 Å². The van der Waals surface area contributed by atoms with Crippen molar-refractivity contribution >= 4 is 25.5 Å². The maximum atomic E-state index is 13.6. The molecule has 0 aliphatic carbocycles. The summed E-state index contributed by atoms with van der Waals surface area (Å²) in [4.78, 5) is 67.6. The zero-order chi connectivity index (χ0) is 28.9. The normalized spacial score (nSPS) is 21.0. The molecule has 0 bridgehead atoms. The third-order valence-electron chi connectivity index (χ3n) is 7.11. The lowest BCUT2D eigenvalue weighted by molar-refractivity contribution is -0.267. The molecule has 0 aromatic heterocycles. The van der Waals surface area contributed by atoms with E-state index in [1.165, 1.54) is 16.7 Å². The molecule has 3 N–H and O–H groups in total. The van der Waals surface area contributed by atoms with E-state index in [4.69, 9.17) is 9.57 Å². The van der Waals surface area contributed by atoms with Gasteiger partial charge in [0.25, 0.3) is 0 Å². The summed E-state index contributed by atoms with van der Waals surface area (Å²) < 4.78 is 18.5. The van der Waals surface area contributed by atoms with E-state index in [1.807, 2.05) is 30.3 Å². The summed E-state index contributed by atoms with van der Waals surface area (Å²) in [6.45, 7) is 1.82. The van der Waals surface area contributed by atoms with Gasteiger partial charge in [0.1, 0.15) is 18.1 Å². The maximum absolute atomic E-state index is 13.6. The van der Waals surface area contributed by atoms with Crippen molar-refractivity contribution < 1.29 is 43.4 Å². The van der Waals surface area contributed by atoms with Crippen LogP contribution in [-0.2, 0) is 35.1 Å². The molecule has 2 saturated heterocycles. The van der Waals surface area contributed by atoms with Crippen molar-refractivity contribution in [2.45, 2.75) is 63.6 Å². The Labute approximate surface area is 232 Å². The fourth-order valence-corrected chi connectivity index (χ4v) is 5.88. The van der Waals surface area contributed by atoms with Gasteiger partial charge in [0.2, 0.25) is 18.1 Å². The molecule has 2 heterocycles. The number of rotatable bonds is 11. The molecule has 0 radical (unpaired) electrons. The van der Waals surface area contributed by atoms with Gasteiger partial charge in [-0.25, -0.2) is 9.36 Å². The van der Waals surface area contributed by atoms with E-state index in [9.17, 15) is 33.8 Å².